The van der Waals surface area contributed by atoms with Gasteiger partial charge in [0.25, 0.3) is 5.91 Å². The highest BCUT2D eigenvalue weighted by Gasteiger charge is 2.11. The van der Waals surface area contributed by atoms with Gasteiger partial charge in [-0.15, -0.1) is 0 Å². The van der Waals surface area contributed by atoms with Gasteiger partial charge in [-0.1, -0.05) is 53.0 Å². The van der Waals surface area contributed by atoms with E-state index in [2.05, 4.69) is 26.7 Å². The van der Waals surface area contributed by atoms with Gasteiger partial charge in [0.1, 0.15) is 11.5 Å². The lowest BCUT2D eigenvalue weighted by Crippen LogP contribution is -2.14. The molecule has 0 saturated heterocycles. The first kappa shape index (κ1) is 18.2. The number of aryl methyl sites for hydroxylation is 1. The van der Waals surface area contributed by atoms with Gasteiger partial charge in [-0.3, -0.25) is 4.79 Å². The van der Waals surface area contributed by atoms with Gasteiger partial charge in [0.05, 0.1) is 23.1 Å². The summed E-state index contributed by atoms with van der Waals surface area (Å²) in [6, 6.07) is 13.0. The molecule has 0 radical (unpaired) electrons. The molecule has 2 aromatic carbocycles. The standard InChI is InChI=1S/C19H16Cl2N4O/c1-12-3-2-4-13(7-12)9-23-18-11-22-17(10-24-18)19(26)25-16-6-5-14(20)8-15(16)21/h2-8,10-11H,9H2,1H3,(H,23,24)(H,25,26). The number of carbonyl (C=O) groups is 1. The number of nitrogens with one attached hydrogen (secondary N) is 2. The van der Waals surface area contributed by atoms with Crippen LogP contribution in [0.25, 0.3) is 0 Å². The number of rotatable bonds is 5. The van der Waals surface area contributed by atoms with Crippen LogP contribution in [0.4, 0.5) is 11.5 Å². The largest absolute Gasteiger partial charge is 0.365 e. The number of halogens is 2. The lowest BCUT2D eigenvalue weighted by atomic mass is 10.1. The van der Waals surface area contributed by atoms with Crippen molar-refractivity contribution >= 4 is 40.6 Å². The van der Waals surface area contributed by atoms with Gasteiger partial charge in [0.15, 0.2) is 0 Å². The van der Waals surface area contributed by atoms with E-state index in [0.29, 0.717) is 28.1 Å². The predicted molar refractivity (Wildman–Crippen MR) is 105 cm³/mol. The van der Waals surface area contributed by atoms with E-state index in [9.17, 15) is 4.79 Å². The molecule has 0 aliphatic heterocycles. The van der Waals surface area contributed by atoms with E-state index in [1.807, 2.05) is 25.1 Å². The predicted octanol–water partition coefficient (Wildman–Crippen LogP) is 4.96. The van der Waals surface area contributed by atoms with Crippen molar-refractivity contribution in [3.63, 3.8) is 0 Å². The smallest absolute Gasteiger partial charge is 0.275 e. The van der Waals surface area contributed by atoms with E-state index in [1.54, 1.807) is 18.2 Å². The molecule has 3 rings (SSSR count). The Morgan fingerprint density at radius 2 is 1.92 bits per heavy atom. The topological polar surface area (TPSA) is 66.9 Å². The van der Waals surface area contributed by atoms with Crippen molar-refractivity contribution in [3.8, 4) is 0 Å². The van der Waals surface area contributed by atoms with Crippen LogP contribution in [0.15, 0.2) is 54.9 Å². The fourth-order valence-electron chi connectivity index (χ4n) is 2.33. The molecule has 0 aliphatic rings. The van der Waals surface area contributed by atoms with Crippen LogP contribution in [0.2, 0.25) is 10.0 Å². The SMILES string of the molecule is Cc1cccc(CNc2cnc(C(=O)Nc3ccc(Cl)cc3Cl)cn2)c1. The summed E-state index contributed by atoms with van der Waals surface area (Å²) in [6.07, 6.45) is 2.94. The first-order chi connectivity index (χ1) is 12.5. The van der Waals surface area contributed by atoms with E-state index in [0.717, 1.165) is 5.56 Å². The molecule has 1 amide bonds. The van der Waals surface area contributed by atoms with Gasteiger partial charge in [-0.05, 0) is 30.7 Å². The zero-order valence-electron chi connectivity index (χ0n) is 14.0. The fourth-order valence-corrected chi connectivity index (χ4v) is 2.78. The maximum Gasteiger partial charge on any atom is 0.275 e. The summed E-state index contributed by atoms with van der Waals surface area (Å²) < 4.78 is 0. The van der Waals surface area contributed by atoms with Crippen molar-refractivity contribution in [2.75, 3.05) is 10.6 Å². The Bertz CT molecular complexity index is 929. The van der Waals surface area contributed by atoms with Gasteiger partial charge in [-0.25, -0.2) is 9.97 Å². The minimum absolute atomic E-state index is 0.192. The van der Waals surface area contributed by atoms with Crippen molar-refractivity contribution in [1.29, 1.82) is 0 Å². The molecule has 1 aromatic heterocycles. The second-order valence-corrected chi connectivity index (χ2v) is 6.55. The minimum atomic E-state index is -0.396. The van der Waals surface area contributed by atoms with Crippen molar-refractivity contribution in [1.82, 2.24) is 9.97 Å². The zero-order chi connectivity index (χ0) is 18.5. The quantitative estimate of drug-likeness (QED) is 0.650. The van der Waals surface area contributed by atoms with Gasteiger partial charge in [-0.2, -0.15) is 0 Å². The average Bonchev–Trinajstić information content (AvgIpc) is 2.63. The highest BCUT2D eigenvalue weighted by molar-refractivity contribution is 6.36. The van der Waals surface area contributed by atoms with Gasteiger partial charge < -0.3 is 10.6 Å². The highest BCUT2D eigenvalue weighted by Crippen LogP contribution is 2.25. The summed E-state index contributed by atoms with van der Waals surface area (Å²) in [6.45, 7) is 2.67. The van der Waals surface area contributed by atoms with Crippen LogP contribution in [-0.2, 0) is 6.54 Å². The first-order valence-corrected chi connectivity index (χ1v) is 8.65. The Labute approximate surface area is 161 Å². The van der Waals surface area contributed by atoms with Crippen LogP contribution in [0.1, 0.15) is 21.6 Å². The first-order valence-electron chi connectivity index (χ1n) is 7.89. The lowest BCUT2D eigenvalue weighted by Gasteiger charge is -2.08. The van der Waals surface area contributed by atoms with Gasteiger partial charge >= 0.3 is 0 Å². The Morgan fingerprint density at radius 3 is 2.62 bits per heavy atom. The molecule has 0 atom stereocenters. The average molecular weight is 387 g/mol. The number of amides is 1. The number of nitrogens with zero attached hydrogens (tertiary/aromatic N) is 2. The number of carbonyl (C=O) groups excluding carboxylic acids is 1. The molecule has 132 valence electrons. The number of hydrogen-bond donors (Lipinski definition) is 2. The van der Waals surface area contributed by atoms with Crippen molar-refractivity contribution < 1.29 is 4.79 Å². The second-order valence-electron chi connectivity index (χ2n) is 5.71. The summed E-state index contributed by atoms with van der Waals surface area (Å²) in [5, 5.41) is 6.72. The lowest BCUT2D eigenvalue weighted by molar-refractivity contribution is 0.102. The third-order valence-electron chi connectivity index (χ3n) is 3.62. The van der Waals surface area contributed by atoms with Crippen LogP contribution in [0.3, 0.4) is 0 Å². The molecule has 2 N–H and O–H groups in total. The molecule has 0 aliphatic carbocycles. The van der Waals surface area contributed by atoms with Crippen molar-refractivity contribution in [2.24, 2.45) is 0 Å². The third-order valence-corrected chi connectivity index (χ3v) is 4.17. The minimum Gasteiger partial charge on any atom is -0.365 e. The van der Waals surface area contributed by atoms with Crippen LogP contribution in [0.5, 0.6) is 0 Å². The number of anilines is 2. The molecule has 0 spiro atoms. The second kappa shape index (κ2) is 8.17. The molecule has 7 heteroatoms. The summed E-state index contributed by atoms with van der Waals surface area (Å²) >= 11 is 11.9. The van der Waals surface area contributed by atoms with Gasteiger partial charge in [0.2, 0.25) is 0 Å². The summed E-state index contributed by atoms with van der Waals surface area (Å²) in [5.74, 6) is 0.194. The summed E-state index contributed by atoms with van der Waals surface area (Å²) in [5.41, 5.74) is 3.00. The van der Waals surface area contributed by atoms with Crippen LogP contribution in [0, 0.1) is 6.92 Å². The monoisotopic (exact) mass is 386 g/mol. The zero-order valence-corrected chi connectivity index (χ0v) is 15.5. The maximum atomic E-state index is 12.3. The molecular weight excluding hydrogens is 371 g/mol. The number of benzene rings is 2. The summed E-state index contributed by atoms with van der Waals surface area (Å²) in [4.78, 5) is 20.6. The molecule has 0 saturated carbocycles. The molecule has 3 aromatic rings. The van der Waals surface area contributed by atoms with Crippen molar-refractivity contribution in [2.45, 2.75) is 13.5 Å². The van der Waals surface area contributed by atoms with E-state index >= 15 is 0 Å². The van der Waals surface area contributed by atoms with E-state index in [1.165, 1.54) is 18.0 Å². The van der Waals surface area contributed by atoms with Crippen LogP contribution >= 0.6 is 23.2 Å². The molecule has 5 nitrogen and oxygen atoms in total. The Hall–Kier alpha value is -2.63. The number of hydrogen-bond acceptors (Lipinski definition) is 4. The molecule has 26 heavy (non-hydrogen) atoms. The fraction of sp³-hybridized carbons (Fsp3) is 0.105. The summed E-state index contributed by atoms with van der Waals surface area (Å²) in [7, 11) is 0. The molecule has 0 bridgehead atoms. The van der Waals surface area contributed by atoms with Crippen LogP contribution in [-0.4, -0.2) is 15.9 Å². The van der Waals surface area contributed by atoms with Crippen LogP contribution < -0.4 is 10.6 Å². The maximum absolute atomic E-state index is 12.3. The molecule has 0 unspecified atom stereocenters. The Kier molecular flexibility index (Phi) is 5.71. The van der Waals surface area contributed by atoms with Gasteiger partial charge in [0, 0.05) is 11.6 Å². The Balaban J connectivity index is 1.62. The molecule has 1 heterocycles. The van der Waals surface area contributed by atoms with E-state index in [-0.39, 0.29) is 5.69 Å². The highest BCUT2D eigenvalue weighted by atomic mass is 35.5. The Morgan fingerprint density at radius 1 is 1.08 bits per heavy atom. The molecular formula is C19H16Cl2N4O. The molecule has 0 fully saturated rings. The van der Waals surface area contributed by atoms with E-state index in [4.69, 9.17) is 23.2 Å². The van der Waals surface area contributed by atoms with Crippen molar-refractivity contribution in [3.05, 3.63) is 81.7 Å². The third kappa shape index (κ3) is 4.71. The normalized spacial score (nSPS) is 10.4. The van der Waals surface area contributed by atoms with E-state index < -0.39 is 5.91 Å². The number of aromatic nitrogens is 2.